The molecule has 0 bridgehead atoms. The fourth-order valence-corrected chi connectivity index (χ4v) is 9.71. The van der Waals surface area contributed by atoms with Crippen LogP contribution >= 0.6 is 11.6 Å². The Hall–Kier alpha value is -4.32. The number of fused-ring (bicyclic) bond motifs is 3. The van der Waals surface area contributed by atoms with Gasteiger partial charge in [0.05, 0.1) is 26.7 Å². The third-order valence-electron chi connectivity index (χ3n) is 12.2. The van der Waals surface area contributed by atoms with Gasteiger partial charge in [0.2, 0.25) is 0 Å². The Balaban J connectivity index is 1.33. The molecule has 13 heteroatoms. The number of nitrogens with zero attached hydrogens (tertiary/aromatic N) is 2. The SMILES string of the molecule is COC(=O)C1(N(C(=O)C(F)(F)F)c2cccc(Cl)c2)CCC2(CC1)c1cc(OCC(C)CC(=O)O)ccc1C[C@@H]2C[C@@H](C)COc1ccnc2c1[C@H](C)CCC2. The van der Waals surface area contributed by atoms with Crippen LogP contribution < -0.4 is 14.4 Å². The van der Waals surface area contributed by atoms with Crippen LogP contribution in [-0.2, 0) is 37.4 Å². The number of carbonyl (C=O) groups is 3. The number of alkyl halides is 3. The smallest absolute Gasteiger partial charge is 0.471 e. The average molecular weight is 799 g/mol. The van der Waals surface area contributed by atoms with Crippen molar-refractivity contribution in [2.24, 2.45) is 17.8 Å². The maximum atomic E-state index is 14.4. The molecule has 302 valence electrons. The minimum atomic E-state index is -5.29. The second kappa shape index (κ2) is 16.6. The molecule has 0 aliphatic heterocycles. The summed E-state index contributed by atoms with van der Waals surface area (Å²) < 4.78 is 61.0. The summed E-state index contributed by atoms with van der Waals surface area (Å²) in [6.07, 6.45) is 1.35. The Bertz CT molecular complexity index is 1930. The zero-order valence-corrected chi connectivity index (χ0v) is 33.0. The number of anilines is 1. The molecule has 9 nitrogen and oxygen atoms in total. The number of methoxy groups -OCH3 is 1. The van der Waals surface area contributed by atoms with Gasteiger partial charge in [0.25, 0.3) is 0 Å². The van der Waals surface area contributed by atoms with Crippen LogP contribution in [0.4, 0.5) is 18.9 Å². The van der Waals surface area contributed by atoms with Crippen molar-refractivity contribution in [1.29, 1.82) is 0 Å². The molecule has 1 unspecified atom stereocenters. The fraction of sp³-hybridized carbons (Fsp3) is 0.535. The number of benzene rings is 2. The fourth-order valence-electron chi connectivity index (χ4n) is 9.52. The van der Waals surface area contributed by atoms with E-state index in [1.807, 2.05) is 24.3 Å². The largest absolute Gasteiger partial charge is 0.493 e. The number of carboxylic acids is 1. The summed E-state index contributed by atoms with van der Waals surface area (Å²) in [6.45, 7) is 6.78. The van der Waals surface area contributed by atoms with E-state index in [-0.39, 0.29) is 67.2 Å². The second-order valence-electron chi connectivity index (χ2n) is 16.1. The first-order valence-corrected chi connectivity index (χ1v) is 19.8. The monoisotopic (exact) mass is 798 g/mol. The lowest BCUT2D eigenvalue weighted by atomic mass is 9.59. The molecule has 1 aromatic heterocycles. The molecule has 3 aliphatic carbocycles. The predicted molar refractivity (Wildman–Crippen MR) is 205 cm³/mol. The zero-order valence-electron chi connectivity index (χ0n) is 32.3. The second-order valence-corrected chi connectivity index (χ2v) is 16.6. The van der Waals surface area contributed by atoms with E-state index in [1.165, 1.54) is 29.8 Å². The van der Waals surface area contributed by atoms with Gasteiger partial charge in [-0.15, -0.1) is 0 Å². The van der Waals surface area contributed by atoms with Gasteiger partial charge in [0.15, 0.2) is 0 Å². The van der Waals surface area contributed by atoms with Gasteiger partial charge in [-0.25, -0.2) is 4.79 Å². The molecule has 1 fully saturated rings. The summed E-state index contributed by atoms with van der Waals surface area (Å²) in [6, 6.07) is 13.3. The molecule has 1 amide bonds. The zero-order chi connectivity index (χ0) is 40.4. The first kappa shape index (κ1) is 41.3. The standard InChI is InChI=1S/C43H50ClF3N2O7/c1-26(25-56-36-13-18-48-35-10-5-7-28(3)38(35)36)19-30-21-29-11-12-33(55-24-27(2)20-37(50)51)23-34(29)41(30)14-16-42(17-15-41,40(53)54-4)49(39(52)43(45,46)47)32-9-6-8-31(44)22-32/h6,8-9,11-13,18,22-23,26-28,30H,5,7,10,14-17,19-21,24-25H2,1-4H3,(H,50,51)/t26-,27?,28-,30+,41?,42?/m1/s1. The Labute approximate surface area is 330 Å². The minimum absolute atomic E-state index is 0.0242. The number of rotatable bonds is 13. The summed E-state index contributed by atoms with van der Waals surface area (Å²) in [5.74, 6) is -2.38. The van der Waals surface area contributed by atoms with E-state index in [4.69, 9.17) is 25.8 Å². The number of amides is 1. The number of aromatic nitrogens is 1. The lowest BCUT2D eigenvalue weighted by Gasteiger charge is -2.51. The number of aryl methyl sites for hydroxylation is 1. The highest BCUT2D eigenvalue weighted by Gasteiger charge is 2.60. The molecule has 1 spiro atoms. The van der Waals surface area contributed by atoms with Gasteiger partial charge < -0.3 is 19.3 Å². The number of esters is 1. The van der Waals surface area contributed by atoms with Crippen LogP contribution in [0.1, 0.15) is 100 Å². The summed E-state index contributed by atoms with van der Waals surface area (Å²) >= 11 is 6.23. The third-order valence-corrected chi connectivity index (χ3v) is 12.4. The van der Waals surface area contributed by atoms with Crippen molar-refractivity contribution in [3.05, 3.63) is 82.1 Å². The van der Waals surface area contributed by atoms with Gasteiger partial charge in [-0.1, -0.05) is 44.5 Å². The van der Waals surface area contributed by atoms with Gasteiger partial charge in [0.1, 0.15) is 17.0 Å². The molecular formula is C43H50ClF3N2O7. The van der Waals surface area contributed by atoms with Gasteiger partial charge in [0, 0.05) is 34.1 Å². The van der Waals surface area contributed by atoms with Crippen LogP contribution in [-0.4, -0.2) is 60.0 Å². The Kier molecular flexibility index (Phi) is 12.3. The highest BCUT2D eigenvalue weighted by molar-refractivity contribution is 6.31. The maximum absolute atomic E-state index is 14.4. The van der Waals surface area contributed by atoms with Gasteiger partial charge in [-0.2, -0.15) is 13.2 Å². The van der Waals surface area contributed by atoms with Crippen LogP contribution in [0.2, 0.25) is 5.02 Å². The van der Waals surface area contributed by atoms with Crippen LogP contribution in [0.3, 0.4) is 0 Å². The quantitative estimate of drug-likeness (QED) is 0.170. The van der Waals surface area contributed by atoms with E-state index in [0.717, 1.165) is 55.4 Å². The van der Waals surface area contributed by atoms with Crippen molar-refractivity contribution in [2.75, 3.05) is 25.2 Å². The Morgan fingerprint density at radius 2 is 1.75 bits per heavy atom. The molecule has 6 rings (SSSR count). The number of halogens is 4. The molecule has 56 heavy (non-hydrogen) atoms. The highest BCUT2D eigenvalue weighted by Crippen LogP contribution is 2.58. The topological polar surface area (TPSA) is 115 Å². The molecule has 2 aromatic carbocycles. The van der Waals surface area contributed by atoms with Crippen LogP contribution in [0.5, 0.6) is 11.5 Å². The third kappa shape index (κ3) is 8.36. The van der Waals surface area contributed by atoms with E-state index in [9.17, 15) is 32.7 Å². The van der Waals surface area contributed by atoms with Crippen molar-refractivity contribution in [2.45, 2.75) is 108 Å². The van der Waals surface area contributed by atoms with Crippen molar-refractivity contribution < 1.29 is 46.9 Å². The first-order valence-electron chi connectivity index (χ1n) is 19.4. The molecule has 1 saturated carbocycles. The number of pyridine rings is 1. The van der Waals surface area contributed by atoms with Crippen LogP contribution in [0, 0.1) is 17.8 Å². The van der Waals surface area contributed by atoms with Crippen molar-refractivity contribution in [1.82, 2.24) is 4.98 Å². The minimum Gasteiger partial charge on any atom is -0.493 e. The molecule has 0 saturated heterocycles. The van der Waals surface area contributed by atoms with E-state index >= 15 is 0 Å². The normalized spacial score (nSPS) is 24.1. The van der Waals surface area contributed by atoms with E-state index in [0.29, 0.717) is 29.6 Å². The predicted octanol–water partition coefficient (Wildman–Crippen LogP) is 9.26. The lowest BCUT2D eigenvalue weighted by molar-refractivity contribution is -0.174. The molecule has 1 heterocycles. The number of hydrogen-bond donors (Lipinski definition) is 1. The van der Waals surface area contributed by atoms with Crippen molar-refractivity contribution >= 4 is 35.1 Å². The van der Waals surface area contributed by atoms with Gasteiger partial charge in [-0.3, -0.25) is 19.5 Å². The van der Waals surface area contributed by atoms with Gasteiger partial charge >= 0.3 is 24.0 Å². The van der Waals surface area contributed by atoms with Crippen LogP contribution in [0.25, 0.3) is 0 Å². The molecule has 1 N–H and O–H groups in total. The number of aliphatic carboxylic acids is 1. The highest BCUT2D eigenvalue weighted by atomic mass is 35.5. The molecule has 3 aliphatic rings. The number of carboxylic acid groups (broad SMARTS) is 1. The van der Waals surface area contributed by atoms with E-state index < -0.39 is 35.0 Å². The number of ether oxygens (including phenoxy) is 3. The van der Waals surface area contributed by atoms with Gasteiger partial charge in [-0.05, 0) is 128 Å². The summed E-state index contributed by atoms with van der Waals surface area (Å²) in [5, 5.41) is 9.37. The summed E-state index contributed by atoms with van der Waals surface area (Å²) in [5.41, 5.74) is 1.64. The summed E-state index contributed by atoms with van der Waals surface area (Å²) in [7, 11) is 1.12. The number of carbonyl (C=O) groups excluding carboxylic acids is 2. The van der Waals surface area contributed by atoms with E-state index in [1.54, 1.807) is 13.1 Å². The molecule has 3 aromatic rings. The first-order chi connectivity index (χ1) is 26.6. The maximum Gasteiger partial charge on any atom is 0.471 e. The van der Waals surface area contributed by atoms with Crippen LogP contribution in [0.15, 0.2) is 54.7 Å². The Morgan fingerprint density at radius 3 is 2.43 bits per heavy atom. The Morgan fingerprint density at radius 1 is 1.02 bits per heavy atom. The van der Waals surface area contributed by atoms with E-state index in [2.05, 4.69) is 18.8 Å². The lowest BCUT2D eigenvalue weighted by Crippen LogP contribution is -2.63. The summed E-state index contributed by atoms with van der Waals surface area (Å²) in [4.78, 5) is 43.6. The molecule has 0 radical (unpaired) electrons. The van der Waals surface area contributed by atoms with Crippen molar-refractivity contribution in [3.8, 4) is 11.5 Å². The molecule has 4 atom stereocenters. The number of hydrogen-bond acceptors (Lipinski definition) is 7. The average Bonchev–Trinajstić information content (AvgIpc) is 3.44. The molecular weight excluding hydrogens is 749 g/mol. The van der Waals surface area contributed by atoms with Crippen molar-refractivity contribution in [3.63, 3.8) is 0 Å².